The van der Waals surface area contributed by atoms with Crippen molar-refractivity contribution in [3.63, 3.8) is 0 Å². The molecule has 0 aliphatic heterocycles. The van der Waals surface area contributed by atoms with Gasteiger partial charge in [-0.3, -0.25) is 19.0 Å². The summed E-state index contributed by atoms with van der Waals surface area (Å²) >= 11 is 1.05. The molecule has 2 N–H and O–H groups in total. The second kappa shape index (κ2) is 9.81. The number of nitrogens with zero attached hydrogens (tertiary/aromatic N) is 2. The maximum atomic E-state index is 13.3. The number of nitrogens with one attached hydrogen (secondary N) is 2. The van der Waals surface area contributed by atoms with E-state index in [4.69, 9.17) is 0 Å². The topological polar surface area (TPSA) is 93.1 Å². The molecule has 0 radical (unpaired) electrons. The number of halogens is 3. The first-order valence-corrected chi connectivity index (χ1v) is 12.1. The molecule has 1 atom stereocenters. The number of hydrogen-bond donors (Lipinski definition) is 2. The van der Waals surface area contributed by atoms with Crippen molar-refractivity contribution in [3.8, 4) is 0 Å². The molecule has 37 heavy (non-hydrogen) atoms. The van der Waals surface area contributed by atoms with E-state index in [-0.39, 0.29) is 5.39 Å². The standard InChI is InChI=1S/C26H23F3N4O3S/c1-13-9-10-18(14(2)11-13)31-23(35)21-15(3)20-24(37-21)30-12-33(25(20)36)16(4)22(34)32-19-8-6-5-7-17(19)26(27,28)29/h5-12,16H,1-4H3,(H,31,35)(H,32,34). The Morgan fingerprint density at radius 1 is 1.03 bits per heavy atom. The van der Waals surface area contributed by atoms with E-state index in [0.717, 1.165) is 45.5 Å². The number of para-hydroxylation sites is 1. The smallest absolute Gasteiger partial charge is 0.324 e. The van der Waals surface area contributed by atoms with Crippen LogP contribution in [0.15, 0.2) is 53.6 Å². The van der Waals surface area contributed by atoms with Crippen LogP contribution < -0.4 is 16.2 Å². The molecule has 4 rings (SSSR count). The summed E-state index contributed by atoms with van der Waals surface area (Å²) in [4.78, 5) is 44.0. The van der Waals surface area contributed by atoms with Crippen molar-refractivity contribution < 1.29 is 22.8 Å². The average Bonchev–Trinajstić information content (AvgIpc) is 3.17. The maximum Gasteiger partial charge on any atom is 0.418 e. The highest BCUT2D eigenvalue weighted by atomic mass is 32.1. The fraction of sp³-hybridized carbons (Fsp3) is 0.231. The van der Waals surface area contributed by atoms with Gasteiger partial charge in [0.25, 0.3) is 11.5 Å². The van der Waals surface area contributed by atoms with Gasteiger partial charge in [0.05, 0.1) is 27.8 Å². The molecule has 0 bridgehead atoms. The highest BCUT2D eigenvalue weighted by molar-refractivity contribution is 7.20. The molecule has 1 unspecified atom stereocenters. The van der Waals surface area contributed by atoms with Crippen LogP contribution in [0.1, 0.15) is 44.9 Å². The van der Waals surface area contributed by atoms with E-state index in [0.29, 0.717) is 21.0 Å². The van der Waals surface area contributed by atoms with Crippen molar-refractivity contribution in [2.24, 2.45) is 0 Å². The molecular weight excluding hydrogens is 505 g/mol. The zero-order valence-corrected chi connectivity index (χ0v) is 21.2. The van der Waals surface area contributed by atoms with Crippen LogP contribution in [0.3, 0.4) is 0 Å². The molecule has 0 saturated heterocycles. The molecule has 7 nitrogen and oxygen atoms in total. The first-order chi connectivity index (χ1) is 17.4. The van der Waals surface area contributed by atoms with Crippen LogP contribution in [0.4, 0.5) is 24.5 Å². The van der Waals surface area contributed by atoms with E-state index >= 15 is 0 Å². The second-order valence-electron chi connectivity index (χ2n) is 8.67. The Labute approximate surface area is 214 Å². The summed E-state index contributed by atoms with van der Waals surface area (Å²) in [6.07, 6.45) is -3.50. The maximum absolute atomic E-state index is 13.3. The van der Waals surface area contributed by atoms with Gasteiger partial charge in [-0.1, -0.05) is 29.8 Å². The van der Waals surface area contributed by atoms with Crippen molar-refractivity contribution in [1.29, 1.82) is 0 Å². The molecule has 0 saturated carbocycles. The van der Waals surface area contributed by atoms with E-state index in [1.54, 1.807) is 13.0 Å². The third-order valence-electron chi connectivity index (χ3n) is 6.00. The summed E-state index contributed by atoms with van der Waals surface area (Å²) in [5.74, 6) is -1.21. The van der Waals surface area contributed by atoms with Crippen LogP contribution in [0, 0.1) is 20.8 Å². The van der Waals surface area contributed by atoms with Crippen LogP contribution in [0.5, 0.6) is 0 Å². The predicted octanol–water partition coefficient (Wildman–Crippen LogP) is 5.85. The van der Waals surface area contributed by atoms with Gasteiger partial charge in [0.2, 0.25) is 5.91 Å². The highest BCUT2D eigenvalue weighted by Crippen LogP contribution is 2.35. The number of carbonyl (C=O) groups excluding carboxylic acids is 2. The third-order valence-corrected chi connectivity index (χ3v) is 7.20. The van der Waals surface area contributed by atoms with E-state index in [9.17, 15) is 27.6 Å². The van der Waals surface area contributed by atoms with Gasteiger partial charge in [0.1, 0.15) is 10.9 Å². The van der Waals surface area contributed by atoms with Crippen molar-refractivity contribution >= 4 is 44.7 Å². The quantitative estimate of drug-likeness (QED) is 0.340. The van der Waals surface area contributed by atoms with Crippen LogP contribution in [-0.2, 0) is 11.0 Å². The molecule has 2 aromatic carbocycles. The Morgan fingerprint density at radius 2 is 1.73 bits per heavy atom. The number of hydrogen-bond acceptors (Lipinski definition) is 5. The van der Waals surface area contributed by atoms with Gasteiger partial charge in [0.15, 0.2) is 0 Å². The molecule has 0 aliphatic rings. The van der Waals surface area contributed by atoms with Gasteiger partial charge in [0, 0.05) is 5.69 Å². The minimum atomic E-state index is -4.66. The summed E-state index contributed by atoms with van der Waals surface area (Å²) in [7, 11) is 0. The molecule has 11 heteroatoms. The number of benzene rings is 2. The van der Waals surface area contributed by atoms with Gasteiger partial charge in [-0.25, -0.2) is 4.98 Å². The predicted molar refractivity (Wildman–Crippen MR) is 137 cm³/mol. The van der Waals surface area contributed by atoms with E-state index in [2.05, 4.69) is 15.6 Å². The van der Waals surface area contributed by atoms with Crippen molar-refractivity contribution in [2.75, 3.05) is 10.6 Å². The Hall–Kier alpha value is -3.99. The number of aryl methyl sites for hydroxylation is 3. The summed E-state index contributed by atoms with van der Waals surface area (Å²) in [5.41, 5.74) is 1.01. The molecule has 0 aliphatic carbocycles. The number of fused-ring (bicyclic) bond motifs is 1. The average molecular weight is 529 g/mol. The fourth-order valence-corrected chi connectivity index (χ4v) is 5.00. The van der Waals surface area contributed by atoms with Crippen molar-refractivity contribution in [2.45, 2.75) is 39.9 Å². The van der Waals surface area contributed by atoms with Gasteiger partial charge >= 0.3 is 6.18 Å². The summed E-state index contributed by atoms with van der Waals surface area (Å²) in [6, 6.07) is 9.03. The fourth-order valence-electron chi connectivity index (χ4n) is 3.97. The SMILES string of the molecule is Cc1ccc(NC(=O)c2sc3ncn(C(C)C(=O)Nc4ccccc4C(F)(F)F)c(=O)c3c2C)c(C)c1. The van der Waals surface area contributed by atoms with Gasteiger partial charge in [-0.05, 0) is 57.0 Å². The van der Waals surface area contributed by atoms with E-state index < -0.39 is 40.8 Å². The first kappa shape index (κ1) is 26.1. The van der Waals surface area contributed by atoms with E-state index in [1.165, 1.54) is 19.1 Å². The van der Waals surface area contributed by atoms with Gasteiger partial charge in [-0.15, -0.1) is 11.3 Å². The van der Waals surface area contributed by atoms with Crippen molar-refractivity contribution in [1.82, 2.24) is 9.55 Å². The van der Waals surface area contributed by atoms with E-state index in [1.807, 2.05) is 26.0 Å². The number of alkyl halides is 3. The summed E-state index contributed by atoms with van der Waals surface area (Å²) < 4.78 is 40.9. The molecular formula is C26H23F3N4O3S. The Morgan fingerprint density at radius 3 is 2.41 bits per heavy atom. The lowest BCUT2D eigenvalue weighted by Crippen LogP contribution is -2.32. The van der Waals surface area contributed by atoms with Crippen LogP contribution in [0.25, 0.3) is 10.2 Å². The molecule has 2 amide bonds. The van der Waals surface area contributed by atoms with Crippen molar-refractivity contribution in [3.05, 3.63) is 86.3 Å². The van der Waals surface area contributed by atoms with Crippen LogP contribution >= 0.6 is 11.3 Å². The minimum Gasteiger partial charge on any atom is -0.324 e. The zero-order chi connectivity index (χ0) is 27.1. The molecule has 2 aromatic heterocycles. The highest BCUT2D eigenvalue weighted by Gasteiger charge is 2.34. The normalized spacial score (nSPS) is 12.4. The monoisotopic (exact) mass is 528 g/mol. The first-order valence-electron chi connectivity index (χ1n) is 11.2. The zero-order valence-electron chi connectivity index (χ0n) is 20.4. The Kier molecular flexibility index (Phi) is 6.92. The largest absolute Gasteiger partial charge is 0.418 e. The lowest BCUT2D eigenvalue weighted by molar-refractivity contribution is -0.137. The number of thiophene rings is 1. The second-order valence-corrected chi connectivity index (χ2v) is 9.67. The lowest BCUT2D eigenvalue weighted by atomic mass is 10.1. The van der Waals surface area contributed by atoms with Gasteiger partial charge < -0.3 is 10.6 Å². The molecule has 0 fully saturated rings. The van der Waals surface area contributed by atoms with Crippen LogP contribution in [-0.4, -0.2) is 21.4 Å². The summed E-state index contributed by atoms with van der Waals surface area (Å²) in [6.45, 7) is 6.82. The molecule has 192 valence electrons. The summed E-state index contributed by atoms with van der Waals surface area (Å²) in [5, 5.41) is 5.29. The minimum absolute atomic E-state index is 0.175. The number of anilines is 2. The number of aromatic nitrogens is 2. The third kappa shape index (κ3) is 5.12. The van der Waals surface area contributed by atoms with Crippen LogP contribution in [0.2, 0.25) is 0 Å². The van der Waals surface area contributed by atoms with Gasteiger partial charge in [-0.2, -0.15) is 13.2 Å². The Bertz CT molecular complexity index is 1590. The number of rotatable bonds is 5. The number of amides is 2. The molecule has 4 aromatic rings. The Balaban J connectivity index is 1.64. The number of carbonyl (C=O) groups is 2. The molecule has 2 heterocycles. The molecule has 0 spiro atoms. The lowest BCUT2D eigenvalue weighted by Gasteiger charge is -2.17.